The average Bonchev–Trinajstić information content (AvgIpc) is 2.30. The van der Waals surface area contributed by atoms with Crippen molar-refractivity contribution in [2.75, 3.05) is 18.9 Å². The van der Waals surface area contributed by atoms with Crippen LogP contribution in [0.2, 0.25) is 0 Å². The molecule has 1 amide bonds. The zero-order valence-corrected chi connectivity index (χ0v) is 10.0. The Morgan fingerprint density at radius 1 is 1.50 bits per heavy atom. The average molecular weight is 221 g/mol. The Hall–Kier alpha value is -1.55. The summed E-state index contributed by atoms with van der Waals surface area (Å²) in [4.78, 5) is 11.4. The van der Waals surface area contributed by atoms with Gasteiger partial charge in [0.05, 0.1) is 0 Å². The molecule has 1 aromatic carbocycles. The van der Waals surface area contributed by atoms with E-state index < -0.39 is 0 Å². The van der Waals surface area contributed by atoms with Crippen LogP contribution < -0.4 is 16.4 Å². The van der Waals surface area contributed by atoms with Gasteiger partial charge in [0.25, 0.3) is 5.91 Å². The summed E-state index contributed by atoms with van der Waals surface area (Å²) in [6, 6.07) is 5.80. The minimum atomic E-state index is -0.0680. The van der Waals surface area contributed by atoms with E-state index in [1.807, 2.05) is 26.0 Å². The van der Waals surface area contributed by atoms with Crippen molar-refractivity contribution in [3.8, 4) is 0 Å². The summed E-state index contributed by atoms with van der Waals surface area (Å²) in [6.07, 6.45) is 0. The van der Waals surface area contributed by atoms with Gasteiger partial charge in [-0.05, 0) is 37.6 Å². The third-order valence-electron chi connectivity index (χ3n) is 2.47. The number of rotatable bonds is 4. The SMILES string of the molecule is CNC(=O)c1ccc(NC(C)CN)c(C)c1. The Labute approximate surface area is 96.2 Å². The fourth-order valence-electron chi connectivity index (χ4n) is 1.44. The summed E-state index contributed by atoms with van der Waals surface area (Å²) in [7, 11) is 1.63. The predicted octanol–water partition coefficient (Wildman–Crippen LogP) is 1.11. The van der Waals surface area contributed by atoms with Crippen molar-refractivity contribution in [1.82, 2.24) is 5.32 Å². The number of hydrogen-bond acceptors (Lipinski definition) is 3. The zero-order valence-electron chi connectivity index (χ0n) is 10.0. The lowest BCUT2D eigenvalue weighted by Crippen LogP contribution is -2.25. The van der Waals surface area contributed by atoms with Crippen LogP contribution in [0, 0.1) is 6.92 Å². The van der Waals surface area contributed by atoms with Crippen molar-refractivity contribution < 1.29 is 4.79 Å². The second kappa shape index (κ2) is 5.51. The van der Waals surface area contributed by atoms with Crippen LogP contribution in [0.15, 0.2) is 18.2 Å². The van der Waals surface area contributed by atoms with Crippen LogP contribution >= 0.6 is 0 Å². The molecular formula is C12H19N3O. The second-order valence-electron chi connectivity index (χ2n) is 3.89. The zero-order chi connectivity index (χ0) is 12.1. The van der Waals surface area contributed by atoms with Crippen molar-refractivity contribution in [1.29, 1.82) is 0 Å². The molecule has 0 radical (unpaired) electrons. The number of amides is 1. The summed E-state index contributed by atoms with van der Waals surface area (Å²) in [5, 5.41) is 5.89. The molecule has 1 rings (SSSR count). The van der Waals surface area contributed by atoms with Crippen LogP contribution in [0.4, 0.5) is 5.69 Å². The summed E-state index contributed by atoms with van der Waals surface area (Å²) >= 11 is 0. The highest BCUT2D eigenvalue weighted by Crippen LogP contribution is 2.17. The molecule has 4 nitrogen and oxygen atoms in total. The van der Waals surface area contributed by atoms with E-state index >= 15 is 0 Å². The topological polar surface area (TPSA) is 67.2 Å². The molecule has 0 heterocycles. The van der Waals surface area contributed by atoms with Gasteiger partial charge in [0.15, 0.2) is 0 Å². The minimum Gasteiger partial charge on any atom is -0.381 e. The van der Waals surface area contributed by atoms with E-state index in [4.69, 9.17) is 5.73 Å². The number of benzene rings is 1. The number of nitrogens with one attached hydrogen (secondary N) is 2. The van der Waals surface area contributed by atoms with Crippen LogP contribution in [0.25, 0.3) is 0 Å². The first-order valence-electron chi connectivity index (χ1n) is 5.37. The summed E-state index contributed by atoms with van der Waals surface area (Å²) in [5.74, 6) is -0.0680. The molecule has 0 aromatic heterocycles. The van der Waals surface area contributed by atoms with E-state index in [-0.39, 0.29) is 11.9 Å². The van der Waals surface area contributed by atoms with E-state index in [0.29, 0.717) is 12.1 Å². The van der Waals surface area contributed by atoms with Crippen molar-refractivity contribution >= 4 is 11.6 Å². The van der Waals surface area contributed by atoms with Gasteiger partial charge in [-0.2, -0.15) is 0 Å². The van der Waals surface area contributed by atoms with E-state index in [0.717, 1.165) is 11.3 Å². The molecule has 0 spiro atoms. The first-order valence-corrected chi connectivity index (χ1v) is 5.37. The molecule has 16 heavy (non-hydrogen) atoms. The molecule has 0 aliphatic rings. The van der Waals surface area contributed by atoms with Crippen LogP contribution in [-0.2, 0) is 0 Å². The Kier molecular flexibility index (Phi) is 4.31. The molecule has 88 valence electrons. The van der Waals surface area contributed by atoms with Gasteiger partial charge in [0.1, 0.15) is 0 Å². The van der Waals surface area contributed by atoms with E-state index in [1.54, 1.807) is 13.1 Å². The molecule has 1 unspecified atom stereocenters. The lowest BCUT2D eigenvalue weighted by molar-refractivity contribution is 0.0963. The molecule has 0 saturated carbocycles. The predicted molar refractivity (Wildman–Crippen MR) is 66.7 cm³/mol. The molecule has 1 atom stereocenters. The monoisotopic (exact) mass is 221 g/mol. The summed E-state index contributed by atoms with van der Waals surface area (Å²) < 4.78 is 0. The Balaban J connectivity index is 2.87. The third kappa shape index (κ3) is 2.97. The van der Waals surface area contributed by atoms with Gasteiger partial charge in [0, 0.05) is 30.9 Å². The minimum absolute atomic E-state index is 0.0680. The fraction of sp³-hybridized carbons (Fsp3) is 0.417. The highest BCUT2D eigenvalue weighted by atomic mass is 16.1. The third-order valence-corrected chi connectivity index (χ3v) is 2.47. The molecule has 4 heteroatoms. The molecule has 0 aliphatic carbocycles. The van der Waals surface area contributed by atoms with Gasteiger partial charge in [-0.25, -0.2) is 0 Å². The molecule has 1 aromatic rings. The van der Waals surface area contributed by atoms with E-state index in [9.17, 15) is 4.79 Å². The van der Waals surface area contributed by atoms with Gasteiger partial charge >= 0.3 is 0 Å². The smallest absolute Gasteiger partial charge is 0.251 e. The number of carbonyl (C=O) groups excluding carboxylic acids is 1. The lowest BCUT2D eigenvalue weighted by atomic mass is 10.1. The highest BCUT2D eigenvalue weighted by molar-refractivity contribution is 5.94. The largest absolute Gasteiger partial charge is 0.381 e. The van der Waals surface area contributed by atoms with Crippen LogP contribution in [-0.4, -0.2) is 25.5 Å². The Morgan fingerprint density at radius 2 is 2.19 bits per heavy atom. The van der Waals surface area contributed by atoms with Crippen molar-refractivity contribution in [2.24, 2.45) is 5.73 Å². The molecule has 4 N–H and O–H groups in total. The molecular weight excluding hydrogens is 202 g/mol. The molecule has 0 fully saturated rings. The molecule has 0 saturated heterocycles. The van der Waals surface area contributed by atoms with Crippen LogP contribution in [0.1, 0.15) is 22.8 Å². The van der Waals surface area contributed by atoms with Gasteiger partial charge in [-0.1, -0.05) is 0 Å². The maximum absolute atomic E-state index is 11.4. The highest BCUT2D eigenvalue weighted by Gasteiger charge is 2.07. The first-order chi connectivity index (χ1) is 7.58. The van der Waals surface area contributed by atoms with Crippen LogP contribution in [0.3, 0.4) is 0 Å². The first kappa shape index (κ1) is 12.5. The number of aryl methyl sites for hydroxylation is 1. The second-order valence-corrected chi connectivity index (χ2v) is 3.89. The van der Waals surface area contributed by atoms with Gasteiger partial charge in [-0.15, -0.1) is 0 Å². The molecule has 0 aliphatic heterocycles. The van der Waals surface area contributed by atoms with Gasteiger partial charge in [-0.3, -0.25) is 4.79 Å². The van der Waals surface area contributed by atoms with Crippen molar-refractivity contribution in [3.05, 3.63) is 29.3 Å². The van der Waals surface area contributed by atoms with Gasteiger partial charge in [0.2, 0.25) is 0 Å². The fourth-order valence-corrected chi connectivity index (χ4v) is 1.44. The van der Waals surface area contributed by atoms with Crippen LogP contribution in [0.5, 0.6) is 0 Å². The Morgan fingerprint density at radius 3 is 2.69 bits per heavy atom. The number of nitrogens with two attached hydrogens (primary N) is 1. The van der Waals surface area contributed by atoms with Crippen molar-refractivity contribution in [3.63, 3.8) is 0 Å². The number of hydrogen-bond donors (Lipinski definition) is 3. The van der Waals surface area contributed by atoms with Crippen molar-refractivity contribution in [2.45, 2.75) is 19.9 Å². The summed E-state index contributed by atoms with van der Waals surface area (Å²) in [5.41, 5.74) is 8.28. The number of anilines is 1. The van der Waals surface area contributed by atoms with E-state index in [2.05, 4.69) is 10.6 Å². The normalized spacial score (nSPS) is 12.0. The maximum atomic E-state index is 11.4. The van der Waals surface area contributed by atoms with Gasteiger partial charge < -0.3 is 16.4 Å². The van der Waals surface area contributed by atoms with E-state index in [1.165, 1.54) is 0 Å². The maximum Gasteiger partial charge on any atom is 0.251 e. The summed E-state index contributed by atoms with van der Waals surface area (Å²) in [6.45, 7) is 4.57. The lowest BCUT2D eigenvalue weighted by Gasteiger charge is -2.15. The number of carbonyl (C=O) groups is 1. The molecule has 0 bridgehead atoms. The Bertz CT molecular complexity index is 377. The standard InChI is InChI=1S/C12H19N3O/c1-8-6-10(12(16)14-3)4-5-11(8)15-9(2)7-13/h4-6,9,15H,7,13H2,1-3H3,(H,14,16). The quantitative estimate of drug-likeness (QED) is 0.713.